The number of imidazole rings is 1. The van der Waals surface area contributed by atoms with Gasteiger partial charge in [0, 0.05) is 36.7 Å². The maximum Gasteiger partial charge on any atom is 0.180 e. The van der Waals surface area contributed by atoms with Gasteiger partial charge < -0.3 is 22.1 Å². The molecule has 8 nitrogen and oxygen atoms in total. The molecule has 0 spiro atoms. The Hall–Kier alpha value is -3.65. The summed E-state index contributed by atoms with van der Waals surface area (Å²) >= 11 is 0. The highest BCUT2D eigenvalue weighted by molar-refractivity contribution is 5.69. The van der Waals surface area contributed by atoms with E-state index >= 15 is 0 Å². The molecule has 0 amide bonds. The summed E-state index contributed by atoms with van der Waals surface area (Å²) in [5.41, 5.74) is 16.6. The number of hydrogen-bond acceptors (Lipinski definition) is 7. The SMILES string of the molecule is Nc1ccccc1CCNc1cccc(-c2cnc3c(NC4CCC(N)CC4)nccn23)n1. The predicted molar refractivity (Wildman–Crippen MR) is 133 cm³/mol. The molecule has 5 rings (SSSR count). The van der Waals surface area contributed by atoms with Crippen LogP contribution in [0, 0.1) is 0 Å². The van der Waals surface area contributed by atoms with Gasteiger partial charge in [0.15, 0.2) is 11.5 Å². The molecule has 0 aliphatic heterocycles. The molecular weight excluding hydrogens is 412 g/mol. The molecule has 0 radical (unpaired) electrons. The minimum Gasteiger partial charge on any atom is -0.399 e. The summed E-state index contributed by atoms with van der Waals surface area (Å²) in [6.07, 6.45) is 10.6. The summed E-state index contributed by atoms with van der Waals surface area (Å²) in [4.78, 5) is 14.0. The molecule has 0 bridgehead atoms. The van der Waals surface area contributed by atoms with Crippen molar-refractivity contribution in [3.63, 3.8) is 0 Å². The molecule has 3 aromatic heterocycles. The van der Waals surface area contributed by atoms with E-state index in [-0.39, 0.29) is 0 Å². The molecule has 0 atom stereocenters. The number of para-hydroxylation sites is 1. The van der Waals surface area contributed by atoms with Crippen LogP contribution in [0.5, 0.6) is 0 Å². The molecule has 1 aliphatic carbocycles. The number of anilines is 3. The van der Waals surface area contributed by atoms with E-state index in [2.05, 4.69) is 26.7 Å². The lowest BCUT2D eigenvalue weighted by molar-refractivity contribution is 0.410. The summed E-state index contributed by atoms with van der Waals surface area (Å²) in [6, 6.07) is 14.6. The zero-order chi connectivity index (χ0) is 22.6. The van der Waals surface area contributed by atoms with Gasteiger partial charge in [0.1, 0.15) is 5.82 Å². The van der Waals surface area contributed by atoms with Crippen LogP contribution in [-0.2, 0) is 6.42 Å². The van der Waals surface area contributed by atoms with Gasteiger partial charge in [0.05, 0.1) is 17.6 Å². The highest BCUT2D eigenvalue weighted by Gasteiger charge is 2.20. The molecule has 0 unspecified atom stereocenters. The second kappa shape index (κ2) is 9.46. The van der Waals surface area contributed by atoms with E-state index in [1.54, 1.807) is 6.20 Å². The molecule has 3 heterocycles. The van der Waals surface area contributed by atoms with E-state index in [1.165, 1.54) is 0 Å². The zero-order valence-corrected chi connectivity index (χ0v) is 18.6. The van der Waals surface area contributed by atoms with Gasteiger partial charge in [-0.05, 0) is 55.9 Å². The summed E-state index contributed by atoms with van der Waals surface area (Å²) in [5, 5.41) is 6.98. The Balaban J connectivity index is 1.31. The number of rotatable bonds is 7. The number of nitrogens with one attached hydrogen (secondary N) is 2. The van der Waals surface area contributed by atoms with Gasteiger partial charge >= 0.3 is 0 Å². The first-order valence-corrected chi connectivity index (χ1v) is 11.6. The molecular formula is C25H30N8. The zero-order valence-electron chi connectivity index (χ0n) is 18.6. The first kappa shape index (κ1) is 21.2. The number of aromatic nitrogens is 4. The number of nitrogens with zero attached hydrogens (tertiary/aromatic N) is 4. The van der Waals surface area contributed by atoms with E-state index in [9.17, 15) is 0 Å². The predicted octanol–water partition coefficient (Wildman–Crippen LogP) is 3.71. The third kappa shape index (κ3) is 4.75. The average Bonchev–Trinajstić information content (AvgIpc) is 3.27. The lowest BCUT2D eigenvalue weighted by Crippen LogP contribution is -2.33. The second-order valence-corrected chi connectivity index (χ2v) is 8.65. The maximum atomic E-state index is 6.05. The number of pyridine rings is 1. The van der Waals surface area contributed by atoms with E-state index in [0.29, 0.717) is 12.1 Å². The van der Waals surface area contributed by atoms with Gasteiger partial charge in [-0.15, -0.1) is 0 Å². The number of nitrogen functional groups attached to an aromatic ring is 1. The molecule has 6 N–H and O–H groups in total. The Kier molecular flexibility index (Phi) is 6.08. The van der Waals surface area contributed by atoms with Gasteiger partial charge in [-0.25, -0.2) is 15.0 Å². The van der Waals surface area contributed by atoms with E-state index in [4.69, 9.17) is 16.5 Å². The highest BCUT2D eigenvalue weighted by atomic mass is 15.1. The van der Waals surface area contributed by atoms with Gasteiger partial charge in [0.25, 0.3) is 0 Å². The van der Waals surface area contributed by atoms with Gasteiger partial charge in [-0.3, -0.25) is 4.40 Å². The lowest BCUT2D eigenvalue weighted by Gasteiger charge is -2.27. The van der Waals surface area contributed by atoms with Crippen LogP contribution in [-0.4, -0.2) is 38.0 Å². The average molecular weight is 443 g/mol. The van der Waals surface area contributed by atoms with Crippen molar-refractivity contribution in [2.75, 3.05) is 22.9 Å². The molecule has 4 aromatic rings. The van der Waals surface area contributed by atoms with E-state index in [0.717, 1.165) is 78.6 Å². The lowest BCUT2D eigenvalue weighted by atomic mass is 9.92. The van der Waals surface area contributed by atoms with Crippen molar-refractivity contribution in [3.05, 3.63) is 66.6 Å². The van der Waals surface area contributed by atoms with Crippen molar-refractivity contribution >= 4 is 23.0 Å². The van der Waals surface area contributed by atoms with Crippen LogP contribution in [0.15, 0.2) is 61.1 Å². The van der Waals surface area contributed by atoms with Crippen LogP contribution in [0.4, 0.5) is 17.3 Å². The minimum absolute atomic E-state index is 0.321. The van der Waals surface area contributed by atoms with Crippen LogP contribution in [0.2, 0.25) is 0 Å². The van der Waals surface area contributed by atoms with Crippen molar-refractivity contribution in [2.45, 2.75) is 44.2 Å². The Morgan fingerprint density at radius 3 is 2.70 bits per heavy atom. The normalized spacial score (nSPS) is 18.3. The van der Waals surface area contributed by atoms with Crippen molar-refractivity contribution in [1.29, 1.82) is 0 Å². The van der Waals surface area contributed by atoms with Gasteiger partial charge in [0.2, 0.25) is 0 Å². The molecule has 1 aromatic carbocycles. The largest absolute Gasteiger partial charge is 0.399 e. The van der Waals surface area contributed by atoms with E-state index in [1.807, 2.05) is 53.2 Å². The topological polar surface area (TPSA) is 119 Å². The fraction of sp³-hybridized carbons (Fsp3) is 0.320. The van der Waals surface area contributed by atoms with Crippen molar-refractivity contribution in [3.8, 4) is 11.4 Å². The minimum atomic E-state index is 0.321. The third-order valence-electron chi connectivity index (χ3n) is 6.31. The molecule has 0 saturated heterocycles. The van der Waals surface area contributed by atoms with Gasteiger partial charge in [-0.1, -0.05) is 24.3 Å². The first-order valence-electron chi connectivity index (χ1n) is 11.6. The quantitative estimate of drug-likeness (QED) is 0.322. The van der Waals surface area contributed by atoms with Crippen molar-refractivity contribution in [1.82, 2.24) is 19.4 Å². The third-order valence-corrected chi connectivity index (χ3v) is 6.31. The highest BCUT2D eigenvalue weighted by Crippen LogP contribution is 2.26. The Morgan fingerprint density at radius 1 is 1.00 bits per heavy atom. The maximum absolute atomic E-state index is 6.05. The van der Waals surface area contributed by atoms with Crippen LogP contribution in [0.25, 0.3) is 17.0 Å². The van der Waals surface area contributed by atoms with E-state index < -0.39 is 0 Å². The van der Waals surface area contributed by atoms with Crippen molar-refractivity contribution in [2.24, 2.45) is 5.73 Å². The standard InChI is InChI=1S/C25H30N8/c26-18-8-10-19(11-9-18)31-24-25-30-16-22(33(25)15-14-29-24)21-6-3-7-23(32-21)28-13-12-17-4-1-2-5-20(17)27/h1-7,14-16,18-19H,8-13,26-27H2,(H,28,32)(H,29,31). The Labute approximate surface area is 193 Å². The number of benzene rings is 1. The smallest absolute Gasteiger partial charge is 0.180 e. The molecule has 170 valence electrons. The summed E-state index contributed by atoms with van der Waals surface area (Å²) in [6.45, 7) is 0.751. The molecule has 8 heteroatoms. The first-order chi connectivity index (χ1) is 16.2. The number of fused-ring (bicyclic) bond motifs is 1. The van der Waals surface area contributed by atoms with Crippen LogP contribution < -0.4 is 22.1 Å². The Morgan fingerprint density at radius 2 is 1.85 bits per heavy atom. The fourth-order valence-corrected chi connectivity index (χ4v) is 4.43. The molecule has 1 saturated carbocycles. The summed E-state index contributed by atoms with van der Waals surface area (Å²) in [5.74, 6) is 1.63. The van der Waals surface area contributed by atoms with Gasteiger partial charge in [-0.2, -0.15) is 0 Å². The van der Waals surface area contributed by atoms with Crippen LogP contribution >= 0.6 is 0 Å². The Bertz CT molecular complexity index is 1230. The summed E-state index contributed by atoms with van der Waals surface area (Å²) < 4.78 is 2.04. The fourth-order valence-electron chi connectivity index (χ4n) is 4.43. The molecule has 1 aliphatic rings. The number of hydrogen-bond donors (Lipinski definition) is 4. The summed E-state index contributed by atoms with van der Waals surface area (Å²) in [7, 11) is 0. The molecule has 33 heavy (non-hydrogen) atoms. The van der Waals surface area contributed by atoms with Crippen LogP contribution in [0.3, 0.4) is 0 Å². The number of nitrogens with two attached hydrogens (primary N) is 2. The molecule has 1 fully saturated rings. The monoisotopic (exact) mass is 442 g/mol. The van der Waals surface area contributed by atoms with Crippen molar-refractivity contribution < 1.29 is 0 Å². The second-order valence-electron chi connectivity index (χ2n) is 8.65. The van der Waals surface area contributed by atoms with Crippen LogP contribution in [0.1, 0.15) is 31.2 Å².